The van der Waals surface area contributed by atoms with Crippen molar-refractivity contribution in [2.24, 2.45) is 0 Å². The molecule has 0 atom stereocenters. The number of benzene rings is 2. The first-order valence-electron chi connectivity index (χ1n) is 8.64. The summed E-state index contributed by atoms with van der Waals surface area (Å²) in [6.07, 6.45) is 3.08. The van der Waals surface area contributed by atoms with Gasteiger partial charge in [-0.15, -0.1) is 0 Å². The van der Waals surface area contributed by atoms with Crippen LogP contribution in [-0.2, 0) is 23.1 Å². The molecular formula is C20H15Cl2N3O3S. The van der Waals surface area contributed by atoms with Crippen LogP contribution >= 0.6 is 23.2 Å². The van der Waals surface area contributed by atoms with Crippen LogP contribution in [0.2, 0.25) is 10.0 Å². The lowest BCUT2D eigenvalue weighted by molar-refractivity contribution is 0.226. The molecule has 0 spiro atoms. The van der Waals surface area contributed by atoms with Gasteiger partial charge >= 0.3 is 6.03 Å². The van der Waals surface area contributed by atoms with Crippen molar-refractivity contribution in [2.45, 2.75) is 18.0 Å². The number of fused-ring (bicyclic) bond motifs is 1. The summed E-state index contributed by atoms with van der Waals surface area (Å²) in [5, 5.41) is 0.218. The van der Waals surface area contributed by atoms with Crippen molar-refractivity contribution >= 4 is 44.9 Å². The van der Waals surface area contributed by atoms with Crippen molar-refractivity contribution in [2.75, 3.05) is 4.90 Å². The van der Waals surface area contributed by atoms with Gasteiger partial charge in [-0.25, -0.2) is 17.5 Å². The smallest absolute Gasteiger partial charge is 0.288 e. The first-order chi connectivity index (χ1) is 13.9. The largest absolute Gasteiger partial charge is 0.339 e. The monoisotopic (exact) mass is 447 g/mol. The van der Waals surface area contributed by atoms with Crippen LogP contribution in [0.1, 0.15) is 11.1 Å². The Balaban J connectivity index is 1.86. The normalized spacial score (nSPS) is 15.3. The number of pyridine rings is 1. The van der Waals surface area contributed by atoms with Crippen molar-refractivity contribution in [3.63, 3.8) is 0 Å². The van der Waals surface area contributed by atoms with Gasteiger partial charge in [-0.3, -0.25) is 9.88 Å². The quantitative estimate of drug-likeness (QED) is 0.579. The predicted octanol–water partition coefficient (Wildman–Crippen LogP) is 4.72. The third kappa shape index (κ3) is 3.69. The Morgan fingerprint density at radius 3 is 2.24 bits per heavy atom. The van der Waals surface area contributed by atoms with Gasteiger partial charge in [0.25, 0.3) is 10.0 Å². The lowest BCUT2D eigenvalue weighted by Gasteiger charge is -2.37. The molecule has 6 nitrogen and oxygen atoms in total. The number of hydrogen-bond donors (Lipinski definition) is 0. The van der Waals surface area contributed by atoms with Gasteiger partial charge in [-0.1, -0.05) is 53.5 Å². The number of sulfonamides is 1. The molecular weight excluding hydrogens is 433 g/mol. The Hall–Kier alpha value is -2.61. The number of rotatable bonds is 4. The van der Waals surface area contributed by atoms with Gasteiger partial charge in [0, 0.05) is 17.4 Å². The summed E-state index contributed by atoms with van der Waals surface area (Å²) in [5.74, 6) is 0. The highest BCUT2D eigenvalue weighted by Crippen LogP contribution is 2.42. The third-order valence-electron chi connectivity index (χ3n) is 4.53. The summed E-state index contributed by atoms with van der Waals surface area (Å²) < 4.78 is 27.4. The molecule has 29 heavy (non-hydrogen) atoms. The number of hydrogen-bond acceptors (Lipinski definition) is 4. The summed E-state index contributed by atoms with van der Waals surface area (Å²) in [4.78, 5) is 18.5. The van der Waals surface area contributed by atoms with Crippen LogP contribution in [0.3, 0.4) is 0 Å². The highest BCUT2D eigenvalue weighted by molar-refractivity contribution is 7.90. The molecule has 0 aliphatic carbocycles. The molecule has 2 heterocycles. The van der Waals surface area contributed by atoms with E-state index in [9.17, 15) is 13.2 Å². The van der Waals surface area contributed by atoms with Crippen molar-refractivity contribution in [3.05, 3.63) is 88.2 Å². The maximum atomic E-state index is 13.3. The molecule has 0 bridgehead atoms. The highest BCUT2D eigenvalue weighted by atomic mass is 35.5. The minimum absolute atomic E-state index is 0.0298. The van der Waals surface area contributed by atoms with Crippen molar-refractivity contribution in [1.29, 1.82) is 0 Å². The number of anilines is 1. The van der Waals surface area contributed by atoms with E-state index in [-0.39, 0.29) is 33.7 Å². The van der Waals surface area contributed by atoms with Gasteiger partial charge in [0.2, 0.25) is 0 Å². The minimum Gasteiger partial charge on any atom is -0.288 e. The molecule has 1 aliphatic rings. The van der Waals surface area contributed by atoms with Crippen LogP contribution in [0.5, 0.6) is 0 Å². The highest BCUT2D eigenvalue weighted by Gasteiger charge is 2.43. The van der Waals surface area contributed by atoms with Crippen LogP contribution in [-0.4, -0.2) is 23.7 Å². The van der Waals surface area contributed by atoms with E-state index in [0.717, 1.165) is 9.87 Å². The van der Waals surface area contributed by atoms with E-state index in [4.69, 9.17) is 23.2 Å². The summed E-state index contributed by atoms with van der Waals surface area (Å²) in [7, 11) is -4.17. The van der Waals surface area contributed by atoms with Gasteiger partial charge in [0.15, 0.2) is 0 Å². The van der Waals surface area contributed by atoms with Crippen molar-refractivity contribution in [3.8, 4) is 0 Å². The fourth-order valence-corrected chi connectivity index (χ4v) is 5.54. The molecule has 3 aromatic rings. The average Bonchev–Trinajstić information content (AvgIpc) is 2.69. The SMILES string of the molecule is O=C1N(Cc2ccccc2)c2cc(Cl)cc(Cl)c2S(=O)(=O)N1Cc1ccncc1. The molecule has 2 amide bonds. The van der Waals surface area contributed by atoms with Gasteiger partial charge in [0.05, 0.1) is 23.8 Å². The van der Waals surface area contributed by atoms with Crippen LogP contribution < -0.4 is 4.90 Å². The number of carbonyl (C=O) groups excluding carboxylic acids is 1. The number of urea groups is 1. The lowest BCUT2D eigenvalue weighted by atomic mass is 10.2. The first kappa shape index (κ1) is 19.7. The molecule has 0 saturated heterocycles. The molecule has 0 radical (unpaired) electrons. The fourth-order valence-electron chi connectivity index (χ4n) is 3.18. The van der Waals surface area contributed by atoms with E-state index >= 15 is 0 Å². The summed E-state index contributed by atoms with van der Waals surface area (Å²) >= 11 is 12.4. The number of halogens is 2. The van der Waals surface area contributed by atoms with E-state index in [1.807, 2.05) is 30.3 Å². The molecule has 1 aliphatic heterocycles. The summed E-state index contributed by atoms with van der Waals surface area (Å²) in [6, 6.07) is 14.7. The molecule has 1 aromatic heterocycles. The number of amides is 2. The average molecular weight is 448 g/mol. The zero-order valence-electron chi connectivity index (χ0n) is 15.0. The van der Waals surface area contributed by atoms with Gasteiger partial charge in [0.1, 0.15) is 4.90 Å². The number of nitrogens with zero attached hydrogens (tertiary/aromatic N) is 3. The van der Waals surface area contributed by atoms with Crippen molar-refractivity contribution < 1.29 is 13.2 Å². The molecule has 0 saturated carbocycles. The number of aromatic nitrogens is 1. The summed E-state index contributed by atoms with van der Waals surface area (Å²) in [6.45, 7) is 0.0408. The Bertz CT molecular complexity index is 1170. The topological polar surface area (TPSA) is 70.6 Å². The molecule has 9 heteroatoms. The van der Waals surface area contributed by atoms with Crippen molar-refractivity contribution in [1.82, 2.24) is 9.29 Å². The van der Waals surface area contributed by atoms with Crippen LogP contribution in [0, 0.1) is 0 Å². The second-order valence-corrected chi connectivity index (χ2v) is 9.10. The molecule has 0 unspecified atom stereocenters. The van der Waals surface area contributed by atoms with E-state index in [1.165, 1.54) is 17.0 Å². The van der Waals surface area contributed by atoms with E-state index < -0.39 is 16.1 Å². The predicted molar refractivity (Wildman–Crippen MR) is 111 cm³/mol. The summed E-state index contributed by atoms with van der Waals surface area (Å²) in [5.41, 5.74) is 1.64. The molecule has 148 valence electrons. The Kier molecular flexibility index (Phi) is 5.21. The Morgan fingerprint density at radius 1 is 0.897 bits per heavy atom. The van der Waals surface area contributed by atoms with Crippen LogP contribution in [0.15, 0.2) is 71.9 Å². The molecule has 0 N–H and O–H groups in total. The van der Waals surface area contributed by atoms with Gasteiger partial charge in [-0.05, 0) is 35.4 Å². The van der Waals surface area contributed by atoms with E-state index in [2.05, 4.69) is 4.98 Å². The zero-order chi connectivity index (χ0) is 20.6. The minimum atomic E-state index is -4.17. The van der Waals surface area contributed by atoms with Gasteiger partial charge < -0.3 is 0 Å². The number of carbonyl (C=O) groups is 1. The van der Waals surface area contributed by atoms with Crippen LogP contribution in [0.25, 0.3) is 0 Å². The standard InChI is InChI=1S/C20H15Cl2N3O3S/c21-16-10-17(22)19-18(11-16)24(12-14-4-2-1-3-5-14)20(26)25(29(19,27)28)13-15-6-8-23-9-7-15/h1-11H,12-13H2. The second kappa shape index (κ2) is 7.67. The zero-order valence-corrected chi connectivity index (χ0v) is 17.3. The van der Waals surface area contributed by atoms with E-state index in [1.54, 1.807) is 24.5 Å². The molecule has 4 rings (SSSR count). The second-order valence-electron chi connectivity index (χ2n) is 6.46. The maximum Gasteiger partial charge on any atom is 0.339 e. The first-order valence-corrected chi connectivity index (χ1v) is 10.8. The van der Waals surface area contributed by atoms with E-state index in [0.29, 0.717) is 5.56 Å². The molecule has 0 fully saturated rings. The molecule has 2 aromatic carbocycles. The Morgan fingerprint density at radius 2 is 1.55 bits per heavy atom. The lowest BCUT2D eigenvalue weighted by Crippen LogP contribution is -2.50. The third-order valence-corrected chi connectivity index (χ3v) is 6.97. The maximum absolute atomic E-state index is 13.3. The fraction of sp³-hybridized carbons (Fsp3) is 0.100. The van der Waals surface area contributed by atoms with Crippen LogP contribution in [0.4, 0.5) is 10.5 Å². The Labute approximate surface area is 178 Å². The van der Waals surface area contributed by atoms with Gasteiger partial charge in [-0.2, -0.15) is 0 Å².